The first-order chi connectivity index (χ1) is 16.5. The van der Waals surface area contributed by atoms with Crippen molar-refractivity contribution >= 4 is 34.6 Å². The number of nitrogens with one attached hydrogen (secondary N) is 1. The highest BCUT2D eigenvalue weighted by molar-refractivity contribution is 6.30. The second kappa shape index (κ2) is 8.17. The lowest BCUT2D eigenvalue weighted by molar-refractivity contribution is 0.0977. The van der Waals surface area contributed by atoms with Crippen LogP contribution in [0.4, 0.5) is 23.0 Å². The third kappa shape index (κ3) is 3.34. The second-order valence-corrected chi connectivity index (χ2v) is 7.37. The van der Waals surface area contributed by atoms with Crippen molar-refractivity contribution in [1.29, 1.82) is 0 Å². The average molecular weight is 451 g/mol. The van der Waals surface area contributed by atoms with Crippen LogP contribution in [0.1, 0.15) is 31.8 Å². The van der Waals surface area contributed by atoms with Gasteiger partial charge in [0.05, 0.1) is 16.8 Å². The van der Waals surface area contributed by atoms with Gasteiger partial charge in [-0.2, -0.15) is 0 Å². The van der Waals surface area contributed by atoms with Crippen LogP contribution in [-0.2, 0) is 0 Å². The molecule has 0 bridgehead atoms. The second-order valence-electron chi connectivity index (χ2n) is 7.37. The summed E-state index contributed by atoms with van der Waals surface area (Å²) in [6, 6.07) is 12.6. The number of benzene rings is 2. The number of anilines is 2. The number of phenolic OH excluding ortho intramolecular Hbond substituents is 1. The third-order valence-electron chi connectivity index (χ3n) is 5.37. The minimum Gasteiger partial charge on any atom is -0.507 e. The summed E-state index contributed by atoms with van der Waals surface area (Å²) in [5, 5.41) is 21.6. The molecule has 0 atom stereocenters. The minimum absolute atomic E-state index is 0.0527. The van der Waals surface area contributed by atoms with E-state index in [1.807, 2.05) is 0 Å². The van der Waals surface area contributed by atoms with Crippen LogP contribution in [0.15, 0.2) is 71.2 Å². The Morgan fingerprint density at radius 2 is 1.59 bits per heavy atom. The monoisotopic (exact) mass is 451 g/mol. The fourth-order valence-corrected chi connectivity index (χ4v) is 3.77. The van der Waals surface area contributed by atoms with Crippen molar-refractivity contribution in [2.75, 3.05) is 18.1 Å². The zero-order chi connectivity index (χ0) is 23.8. The van der Waals surface area contributed by atoms with Gasteiger partial charge in [-0.1, -0.05) is 24.3 Å². The Kier molecular flexibility index (Phi) is 5.02. The summed E-state index contributed by atoms with van der Waals surface area (Å²) in [5.74, 6) is -0.368. The Labute approximate surface area is 193 Å². The number of nitrogens with two attached hydrogens (primary N) is 1. The molecule has 1 aliphatic rings. The van der Waals surface area contributed by atoms with E-state index in [9.17, 15) is 14.7 Å². The van der Waals surface area contributed by atoms with Crippen molar-refractivity contribution in [2.45, 2.75) is 0 Å². The molecule has 0 fully saturated rings. The van der Waals surface area contributed by atoms with E-state index in [0.717, 1.165) is 5.56 Å². The lowest BCUT2D eigenvalue weighted by Crippen LogP contribution is -2.21. The highest BCUT2D eigenvalue weighted by Gasteiger charge is 2.33. The van der Waals surface area contributed by atoms with Crippen LogP contribution in [0.25, 0.3) is 11.4 Å². The van der Waals surface area contributed by atoms with E-state index in [4.69, 9.17) is 5.73 Å². The van der Waals surface area contributed by atoms with Crippen LogP contribution in [0.3, 0.4) is 0 Å². The van der Waals surface area contributed by atoms with E-state index in [0.29, 0.717) is 11.6 Å². The van der Waals surface area contributed by atoms with Gasteiger partial charge < -0.3 is 16.2 Å². The molecule has 0 saturated carbocycles. The van der Waals surface area contributed by atoms with Crippen LogP contribution in [0, 0.1) is 0 Å². The molecule has 4 N–H and O–H groups in total. The molecule has 0 saturated heterocycles. The molecule has 10 nitrogen and oxygen atoms in total. The first kappa shape index (κ1) is 20.9. The highest BCUT2D eigenvalue weighted by Crippen LogP contribution is 2.38. The van der Waals surface area contributed by atoms with Gasteiger partial charge in [-0.05, 0) is 24.3 Å². The predicted octanol–water partition coefficient (Wildman–Crippen LogP) is 4.06. The number of aromatic hydroxyl groups is 1. The molecule has 0 aliphatic heterocycles. The number of hydrogen-bond donors (Lipinski definition) is 3. The van der Waals surface area contributed by atoms with Crippen LogP contribution < -0.4 is 11.1 Å². The molecule has 0 radical (unpaired) electrons. The number of rotatable bonds is 4. The number of nitrogens with zero attached hydrogens (tertiary/aromatic N) is 5. The molecule has 1 aliphatic carbocycles. The number of phenols is 1. The molecule has 2 aromatic carbocycles. The fourth-order valence-electron chi connectivity index (χ4n) is 3.77. The lowest BCUT2D eigenvalue weighted by atomic mass is 9.83. The molecule has 2 aromatic heterocycles. The van der Waals surface area contributed by atoms with Gasteiger partial charge in [-0.15, -0.1) is 10.2 Å². The van der Waals surface area contributed by atoms with Crippen LogP contribution in [-0.4, -0.2) is 38.7 Å². The third-order valence-corrected chi connectivity index (χ3v) is 5.37. The maximum Gasteiger partial charge on any atom is 0.200 e. The predicted molar refractivity (Wildman–Crippen MR) is 125 cm³/mol. The molecule has 34 heavy (non-hydrogen) atoms. The number of fused-ring (bicyclic) bond motifs is 2. The average Bonchev–Trinajstić information content (AvgIpc) is 2.86. The largest absolute Gasteiger partial charge is 0.507 e. The van der Waals surface area contributed by atoms with Crippen molar-refractivity contribution in [3.8, 4) is 17.1 Å². The number of aromatic nitrogens is 3. The van der Waals surface area contributed by atoms with Crippen molar-refractivity contribution in [1.82, 2.24) is 15.0 Å². The maximum atomic E-state index is 13.2. The lowest BCUT2D eigenvalue weighted by Gasteiger charge is -2.19. The fraction of sp³-hybridized carbons (Fsp3) is 0.0417. The van der Waals surface area contributed by atoms with Crippen LogP contribution in [0.5, 0.6) is 5.75 Å². The number of pyridine rings is 1. The van der Waals surface area contributed by atoms with E-state index < -0.39 is 5.78 Å². The summed E-state index contributed by atoms with van der Waals surface area (Å²) < 4.78 is 0. The molecule has 0 spiro atoms. The minimum atomic E-state index is -0.511. The Balaban J connectivity index is 1.59. The van der Waals surface area contributed by atoms with Crippen molar-refractivity contribution in [3.63, 3.8) is 0 Å². The van der Waals surface area contributed by atoms with E-state index in [1.54, 1.807) is 49.8 Å². The number of ketones is 2. The smallest absolute Gasteiger partial charge is 0.200 e. The molecule has 0 amide bonds. The molecule has 5 rings (SSSR count). The van der Waals surface area contributed by atoms with Crippen LogP contribution >= 0.6 is 0 Å². The summed E-state index contributed by atoms with van der Waals surface area (Å²) in [7, 11) is 1.66. The van der Waals surface area contributed by atoms with Gasteiger partial charge >= 0.3 is 0 Å². The van der Waals surface area contributed by atoms with Gasteiger partial charge in [0.1, 0.15) is 5.75 Å². The van der Waals surface area contributed by atoms with Gasteiger partial charge in [-0.25, -0.2) is 9.97 Å². The molecule has 4 aromatic rings. The molecule has 2 heterocycles. The Morgan fingerprint density at radius 3 is 2.32 bits per heavy atom. The normalized spacial score (nSPS) is 12.5. The van der Waals surface area contributed by atoms with Crippen molar-refractivity contribution < 1.29 is 14.7 Å². The Bertz CT molecular complexity index is 1500. The summed E-state index contributed by atoms with van der Waals surface area (Å²) in [4.78, 5) is 38.9. The number of hydrogen-bond acceptors (Lipinski definition) is 10. The zero-order valence-electron chi connectivity index (χ0n) is 17.9. The topological polar surface area (TPSA) is 156 Å². The zero-order valence-corrected chi connectivity index (χ0v) is 17.9. The Hall–Kier alpha value is -4.99. The van der Waals surface area contributed by atoms with Gasteiger partial charge in [0.25, 0.3) is 0 Å². The number of carbonyl (C=O) groups is 2. The quantitative estimate of drug-likeness (QED) is 0.345. The van der Waals surface area contributed by atoms with Crippen LogP contribution in [0.2, 0.25) is 0 Å². The van der Waals surface area contributed by atoms with Gasteiger partial charge in [0, 0.05) is 36.1 Å². The van der Waals surface area contributed by atoms with E-state index in [2.05, 4.69) is 30.5 Å². The van der Waals surface area contributed by atoms with Crippen molar-refractivity contribution in [2.24, 2.45) is 10.2 Å². The van der Waals surface area contributed by atoms with Gasteiger partial charge in [0.2, 0.25) is 0 Å². The molecule has 166 valence electrons. The SMILES string of the molecule is CNc1nc(-c2ccncc2)nc(N)c1N=Nc1cccc2c1C(=O)c1c(O)cccc1C2=O. The summed E-state index contributed by atoms with van der Waals surface area (Å²) in [6.45, 7) is 0. The summed E-state index contributed by atoms with van der Waals surface area (Å²) in [5.41, 5.74) is 7.55. The molecule has 10 heteroatoms. The molecule has 0 unspecified atom stereocenters. The Morgan fingerprint density at radius 1 is 0.882 bits per heavy atom. The first-order valence-electron chi connectivity index (χ1n) is 10.2. The molecular weight excluding hydrogens is 434 g/mol. The summed E-state index contributed by atoms with van der Waals surface area (Å²) >= 11 is 0. The van der Waals surface area contributed by atoms with E-state index in [-0.39, 0.29) is 51.0 Å². The van der Waals surface area contributed by atoms with Crippen molar-refractivity contribution in [3.05, 3.63) is 83.2 Å². The van der Waals surface area contributed by atoms with Gasteiger partial charge in [-0.3, -0.25) is 14.6 Å². The van der Waals surface area contributed by atoms with E-state index >= 15 is 0 Å². The number of carbonyl (C=O) groups excluding carboxylic acids is 2. The number of azo groups is 1. The van der Waals surface area contributed by atoms with Gasteiger partial charge in [0.15, 0.2) is 34.7 Å². The standard InChI is InChI=1S/C24H17N7O3/c1-26-24-19(22(25)28-23(29-24)12-8-10-27-11-9-12)31-30-15-6-2-4-13-17(15)21(34)18-14(20(13)33)5-3-7-16(18)32/h2-11,32H,1H3,(H3,25,26,28,29). The van der Waals surface area contributed by atoms with E-state index in [1.165, 1.54) is 18.2 Å². The first-order valence-corrected chi connectivity index (χ1v) is 10.2. The highest BCUT2D eigenvalue weighted by atomic mass is 16.3. The summed E-state index contributed by atoms with van der Waals surface area (Å²) in [6.07, 6.45) is 3.24. The molecular formula is C24H17N7O3. The maximum absolute atomic E-state index is 13.2. The number of nitrogen functional groups attached to an aromatic ring is 1.